The lowest BCUT2D eigenvalue weighted by atomic mass is 9.85. The van der Waals surface area contributed by atoms with Crippen molar-refractivity contribution in [2.24, 2.45) is 5.92 Å². The van der Waals surface area contributed by atoms with E-state index in [0.29, 0.717) is 18.0 Å². The van der Waals surface area contributed by atoms with Gasteiger partial charge < -0.3 is 15.0 Å². The van der Waals surface area contributed by atoms with Crippen LogP contribution in [0.1, 0.15) is 39.0 Å². The van der Waals surface area contributed by atoms with Crippen LogP contribution < -0.4 is 5.32 Å². The molecular weight excluding hydrogens is 349 g/mol. The van der Waals surface area contributed by atoms with E-state index in [2.05, 4.69) is 22.0 Å². The van der Waals surface area contributed by atoms with Gasteiger partial charge in [0, 0.05) is 45.4 Å². The third-order valence-corrected chi connectivity index (χ3v) is 5.82. The standard InChI is InChI=1S/C17H31N3O2.2ClH/c1-13-12-20(8-7-19(13)9-10-22-2)17(21)16-11-14-5-3-4-6-15(14)18-16;;/h13-16,18H,3-12H2,1-2H3;2*1H. The molecule has 4 atom stereocenters. The summed E-state index contributed by atoms with van der Waals surface area (Å²) in [7, 11) is 1.75. The molecule has 5 nitrogen and oxygen atoms in total. The van der Waals surface area contributed by atoms with Crippen molar-refractivity contribution < 1.29 is 9.53 Å². The third-order valence-electron chi connectivity index (χ3n) is 5.82. The third kappa shape index (κ3) is 4.98. The van der Waals surface area contributed by atoms with E-state index >= 15 is 0 Å². The predicted octanol–water partition coefficient (Wildman–Crippen LogP) is 1.93. The van der Waals surface area contributed by atoms with Crippen molar-refractivity contribution in [3.63, 3.8) is 0 Å². The zero-order chi connectivity index (χ0) is 15.5. The minimum atomic E-state index is 0. The molecule has 1 amide bonds. The Morgan fingerprint density at radius 2 is 1.96 bits per heavy atom. The van der Waals surface area contributed by atoms with E-state index in [1.54, 1.807) is 7.11 Å². The molecule has 1 saturated carbocycles. The minimum absolute atomic E-state index is 0. The topological polar surface area (TPSA) is 44.8 Å². The van der Waals surface area contributed by atoms with Gasteiger partial charge in [0.1, 0.15) is 0 Å². The van der Waals surface area contributed by atoms with E-state index in [4.69, 9.17) is 4.74 Å². The van der Waals surface area contributed by atoms with Gasteiger partial charge in [-0.05, 0) is 32.1 Å². The van der Waals surface area contributed by atoms with Crippen molar-refractivity contribution in [1.29, 1.82) is 0 Å². The molecule has 3 rings (SSSR count). The highest BCUT2D eigenvalue weighted by molar-refractivity contribution is 5.85. The van der Waals surface area contributed by atoms with Crippen LogP contribution in [0.25, 0.3) is 0 Å². The number of carbonyl (C=O) groups excluding carboxylic acids is 1. The molecule has 0 aromatic heterocycles. The molecule has 2 aliphatic heterocycles. The monoisotopic (exact) mass is 381 g/mol. The summed E-state index contributed by atoms with van der Waals surface area (Å²) in [5, 5.41) is 3.63. The van der Waals surface area contributed by atoms with Gasteiger partial charge in [-0.3, -0.25) is 9.69 Å². The van der Waals surface area contributed by atoms with Gasteiger partial charge >= 0.3 is 0 Å². The molecule has 3 fully saturated rings. The lowest BCUT2D eigenvalue weighted by Gasteiger charge is -2.40. The van der Waals surface area contributed by atoms with Crippen molar-refractivity contribution in [3.05, 3.63) is 0 Å². The van der Waals surface area contributed by atoms with Gasteiger partial charge in [-0.15, -0.1) is 24.8 Å². The smallest absolute Gasteiger partial charge is 0.239 e. The fourth-order valence-corrected chi connectivity index (χ4v) is 4.47. The molecule has 2 heterocycles. The number of rotatable bonds is 4. The molecule has 0 radical (unpaired) electrons. The zero-order valence-electron chi connectivity index (χ0n) is 14.9. The Morgan fingerprint density at radius 1 is 1.21 bits per heavy atom. The second-order valence-electron chi connectivity index (χ2n) is 7.27. The normalized spacial score (nSPS) is 33.3. The first-order valence-corrected chi connectivity index (χ1v) is 8.97. The number of halogens is 2. The number of fused-ring (bicyclic) bond motifs is 1. The van der Waals surface area contributed by atoms with Gasteiger partial charge in [0.25, 0.3) is 0 Å². The first kappa shape index (κ1) is 22.0. The summed E-state index contributed by atoms with van der Waals surface area (Å²) in [6.45, 7) is 6.64. The number of ether oxygens (including phenoxy) is 1. The van der Waals surface area contributed by atoms with Crippen molar-refractivity contribution in [2.75, 3.05) is 39.9 Å². The summed E-state index contributed by atoms with van der Waals surface area (Å²) in [6, 6.07) is 1.10. The lowest BCUT2D eigenvalue weighted by Crippen LogP contribution is -2.57. The number of hydrogen-bond donors (Lipinski definition) is 1. The maximum atomic E-state index is 12.8. The van der Waals surface area contributed by atoms with E-state index in [1.807, 2.05) is 0 Å². The van der Waals surface area contributed by atoms with Crippen molar-refractivity contribution in [3.8, 4) is 0 Å². The summed E-state index contributed by atoms with van der Waals surface area (Å²) in [5.74, 6) is 1.08. The van der Waals surface area contributed by atoms with Gasteiger partial charge in [-0.2, -0.15) is 0 Å². The van der Waals surface area contributed by atoms with Crippen LogP contribution in [-0.4, -0.2) is 73.7 Å². The second-order valence-corrected chi connectivity index (χ2v) is 7.27. The second kappa shape index (κ2) is 10.2. The number of methoxy groups -OCH3 is 1. The summed E-state index contributed by atoms with van der Waals surface area (Å²) < 4.78 is 5.17. The molecule has 0 aromatic carbocycles. The van der Waals surface area contributed by atoms with Gasteiger partial charge in [0.05, 0.1) is 12.6 Å². The molecule has 2 saturated heterocycles. The number of nitrogens with one attached hydrogen (secondary N) is 1. The maximum Gasteiger partial charge on any atom is 0.239 e. The number of carbonyl (C=O) groups is 1. The number of hydrogen-bond acceptors (Lipinski definition) is 4. The molecule has 24 heavy (non-hydrogen) atoms. The maximum absolute atomic E-state index is 12.8. The van der Waals surface area contributed by atoms with Gasteiger partial charge in [-0.1, -0.05) is 12.8 Å². The molecular formula is C17H33Cl2N3O2. The fraction of sp³-hybridized carbons (Fsp3) is 0.941. The summed E-state index contributed by atoms with van der Waals surface area (Å²) in [5.41, 5.74) is 0. The number of piperazine rings is 1. The predicted molar refractivity (Wildman–Crippen MR) is 101 cm³/mol. The van der Waals surface area contributed by atoms with E-state index in [-0.39, 0.29) is 30.9 Å². The fourth-order valence-electron chi connectivity index (χ4n) is 4.47. The summed E-state index contributed by atoms with van der Waals surface area (Å²) in [6.07, 6.45) is 6.29. The van der Waals surface area contributed by atoms with E-state index in [1.165, 1.54) is 25.7 Å². The SMILES string of the molecule is COCCN1CCN(C(=O)C2CC3CCCCC3N2)CC1C.Cl.Cl. The molecule has 3 aliphatic rings. The highest BCUT2D eigenvalue weighted by Crippen LogP contribution is 2.33. The molecule has 1 N–H and O–H groups in total. The Hall–Kier alpha value is -0.0700. The van der Waals surface area contributed by atoms with Crippen molar-refractivity contribution >= 4 is 30.7 Å². The first-order valence-electron chi connectivity index (χ1n) is 8.97. The summed E-state index contributed by atoms with van der Waals surface area (Å²) >= 11 is 0. The number of nitrogens with zero attached hydrogens (tertiary/aromatic N) is 2. The van der Waals surface area contributed by atoms with E-state index < -0.39 is 0 Å². The van der Waals surface area contributed by atoms with Crippen LogP contribution in [0, 0.1) is 5.92 Å². The molecule has 0 spiro atoms. The highest BCUT2D eigenvalue weighted by atomic mass is 35.5. The van der Waals surface area contributed by atoms with Crippen LogP contribution in [0.2, 0.25) is 0 Å². The first-order chi connectivity index (χ1) is 10.7. The lowest BCUT2D eigenvalue weighted by molar-refractivity contribution is -0.136. The molecule has 0 aromatic rings. The van der Waals surface area contributed by atoms with Crippen LogP contribution in [0.4, 0.5) is 0 Å². The van der Waals surface area contributed by atoms with Crippen LogP contribution in [0.15, 0.2) is 0 Å². The number of amides is 1. The quantitative estimate of drug-likeness (QED) is 0.807. The molecule has 0 bridgehead atoms. The molecule has 142 valence electrons. The van der Waals surface area contributed by atoms with E-state index in [9.17, 15) is 4.79 Å². The van der Waals surface area contributed by atoms with Crippen LogP contribution in [0.5, 0.6) is 0 Å². The van der Waals surface area contributed by atoms with Gasteiger partial charge in [-0.25, -0.2) is 0 Å². The Balaban J connectivity index is 0.00000144. The Bertz CT molecular complexity index is 386. The highest BCUT2D eigenvalue weighted by Gasteiger charge is 2.40. The largest absolute Gasteiger partial charge is 0.383 e. The van der Waals surface area contributed by atoms with E-state index in [0.717, 1.165) is 45.1 Å². The molecule has 1 aliphatic carbocycles. The molecule has 4 unspecified atom stereocenters. The van der Waals surface area contributed by atoms with Crippen molar-refractivity contribution in [2.45, 2.75) is 57.2 Å². The Kier molecular flexibility index (Phi) is 9.31. The van der Waals surface area contributed by atoms with Gasteiger partial charge in [0.15, 0.2) is 0 Å². The average molecular weight is 382 g/mol. The average Bonchev–Trinajstić information content (AvgIpc) is 2.97. The summed E-state index contributed by atoms with van der Waals surface area (Å²) in [4.78, 5) is 17.3. The molecule has 7 heteroatoms. The van der Waals surface area contributed by atoms with Gasteiger partial charge in [0.2, 0.25) is 5.91 Å². The Labute approximate surface area is 158 Å². The van der Waals surface area contributed by atoms with Crippen LogP contribution in [-0.2, 0) is 9.53 Å². The van der Waals surface area contributed by atoms with Crippen LogP contribution >= 0.6 is 24.8 Å². The minimum Gasteiger partial charge on any atom is -0.383 e. The van der Waals surface area contributed by atoms with Crippen LogP contribution in [0.3, 0.4) is 0 Å². The Morgan fingerprint density at radius 3 is 2.62 bits per heavy atom. The zero-order valence-corrected chi connectivity index (χ0v) is 16.5. The van der Waals surface area contributed by atoms with Crippen molar-refractivity contribution in [1.82, 2.24) is 15.1 Å².